The van der Waals surface area contributed by atoms with Gasteiger partial charge in [0.25, 0.3) is 0 Å². The SMILES string of the molecule is C[C@H](CCc1ccccn1)[C@H]1CC[C@H]2[C@@H]3CC=C4CC(=O)CC[C@]4(C)[C@H]3CC[C@]12C. The molecule has 1 aromatic heterocycles. The van der Waals surface area contributed by atoms with Crippen LogP contribution in [0, 0.1) is 40.4 Å². The van der Waals surface area contributed by atoms with E-state index in [0.717, 1.165) is 55.3 Å². The molecule has 0 bridgehead atoms. The van der Waals surface area contributed by atoms with Gasteiger partial charge in [-0.15, -0.1) is 0 Å². The Balaban J connectivity index is 1.32. The summed E-state index contributed by atoms with van der Waals surface area (Å²) in [5.74, 6) is 4.64. The van der Waals surface area contributed by atoms with E-state index in [0.29, 0.717) is 16.6 Å². The second-order valence-electron chi connectivity index (χ2n) is 11.5. The summed E-state index contributed by atoms with van der Waals surface area (Å²) in [6.45, 7) is 7.67. The topological polar surface area (TPSA) is 30.0 Å². The number of aromatic nitrogens is 1. The van der Waals surface area contributed by atoms with E-state index in [2.05, 4.69) is 44.0 Å². The van der Waals surface area contributed by atoms with Gasteiger partial charge in [-0.3, -0.25) is 9.78 Å². The highest BCUT2D eigenvalue weighted by Gasteiger charge is 2.59. The zero-order valence-corrected chi connectivity index (χ0v) is 19.2. The lowest BCUT2D eigenvalue weighted by molar-refractivity contribution is -0.122. The smallest absolute Gasteiger partial charge is 0.136 e. The highest BCUT2D eigenvalue weighted by Crippen LogP contribution is 2.67. The summed E-state index contributed by atoms with van der Waals surface area (Å²) < 4.78 is 0. The number of pyridine rings is 1. The Hall–Kier alpha value is -1.44. The maximum atomic E-state index is 12.1. The van der Waals surface area contributed by atoms with E-state index in [1.54, 1.807) is 0 Å². The number of hydrogen-bond acceptors (Lipinski definition) is 2. The molecule has 4 aliphatic rings. The first-order chi connectivity index (χ1) is 14.4. The van der Waals surface area contributed by atoms with Crippen LogP contribution in [0.4, 0.5) is 0 Å². The highest BCUT2D eigenvalue weighted by molar-refractivity contribution is 5.82. The number of fused-ring (bicyclic) bond motifs is 5. The first kappa shape index (κ1) is 20.5. The van der Waals surface area contributed by atoms with Gasteiger partial charge in [0.2, 0.25) is 0 Å². The van der Waals surface area contributed by atoms with Gasteiger partial charge < -0.3 is 0 Å². The van der Waals surface area contributed by atoms with Crippen molar-refractivity contribution in [1.82, 2.24) is 4.98 Å². The largest absolute Gasteiger partial charge is 0.299 e. The molecule has 3 fully saturated rings. The van der Waals surface area contributed by atoms with E-state index >= 15 is 0 Å². The Bertz CT molecular complexity index is 828. The van der Waals surface area contributed by atoms with Gasteiger partial charge in [-0.1, -0.05) is 38.5 Å². The van der Waals surface area contributed by atoms with Crippen LogP contribution in [0.1, 0.15) is 84.3 Å². The van der Waals surface area contributed by atoms with E-state index in [9.17, 15) is 4.79 Å². The third-order valence-electron chi connectivity index (χ3n) is 10.3. The van der Waals surface area contributed by atoms with Crippen molar-refractivity contribution in [1.29, 1.82) is 0 Å². The normalized spacial score (nSPS) is 41.4. The first-order valence-corrected chi connectivity index (χ1v) is 12.5. The van der Waals surface area contributed by atoms with Crippen molar-refractivity contribution in [2.24, 2.45) is 40.4 Å². The molecule has 0 aromatic carbocycles. The van der Waals surface area contributed by atoms with Crippen LogP contribution in [0.3, 0.4) is 0 Å². The number of nitrogens with zero attached hydrogens (tertiary/aromatic N) is 1. The third-order valence-corrected chi connectivity index (χ3v) is 10.3. The Morgan fingerprint density at radius 3 is 2.80 bits per heavy atom. The van der Waals surface area contributed by atoms with Crippen LogP contribution in [0.5, 0.6) is 0 Å². The van der Waals surface area contributed by atoms with Crippen LogP contribution in [-0.2, 0) is 11.2 Å². The number of Topliss-reactive ketones (excluding diaryl/α,β-unsaturated/α-hetero) is 1. The van der Waals surface area contributed by atoms with Crippen molar-refractivity contribution in [3.8, 4) is 0 Å². The van der Waals surface area contributed by atoms with Crippen molar-refractivity contribution in [3.63, 3.8) is 0 Å². The zero-order chi connectivity index (χ0) is 20.9. The minimum absolute atomic E-state index is 0.306. The van der Waals surface area contributed by atoms with Crippen LogP contribution in [0.25, 0.3) is 0 Å². The van der Waals surface area contributed by atoms with E-state index in [1.807, 2.05) is 12.3 Å². The number of allylic oxidation sites excluding steroid dienone is 2. The summed E-state index contributed by atoms with van der Waals surface area (Å²) in [4.78, 5) is 16.6. The standard InChI is InChI=1S/C28H39NO/c1-19(7-9-21-6-4-5-17-29-21)24-11-12-25-23-10-8-20-18-22(30)13-15-27(20,2)26(23)14-16-28(24,25)3/h4-6,8,17,19,23-26H,7,9-16,18H2,1-3H3/t19-,23+,24-,25+,26+,27+,28-/m1/s1. The number of ketones is 1. The molecule has 5 rings (SSSR count). The molecule has 162 valence electrons. The average molecular weight is 406 g/mol. The summed E-state index contributed by atoms with van der Waals surface area (Å²) in [5.41, 5.74) is 3.57. The number of carbonyl (C=O) groups is 1. The van der Waals surface area contributed by atoms with Gasteiger partial charge in [-0.05, 0) is 104 Å². The van der Waals surface area contributed by atoms with Crippen molar-refractivity contribution >= 4 is 5.78 Å². The van der Waals surface area contributed by atoms with Gasteiger partial charge in [0.15, 0.2) is 0 Å². The number of carbonyl (C=O) groups excluding carboxylic acids is 1. The Kier molecular flexibility index (Phi) is 5.19. The minimum atomic E-state index is 0.306. The van der Waals surface area contributed by atoms with Gasteiger partial charge in [0.05, 0.1) is 0 Å². The van der Waals surface area contributed by atoms with Crippen LogP contribution in [0.15, 0.2) is 36.0 Å². The van der Waals surface area contributed by atoms with Crippen LogP contribution in [-0.4, -0.2) is 10.8 Å². The zero-order valence-electron chi connectivity index (χ0n) is 19.2. The van der Waals surface area contributed by atoms with Crippen LogP contribution >= 0.6 is 0 Å². The quantitative estimate of drug-likeness (QED) is 0.516. The predicted molar refractivity (Wildman–Crippen MR) is 122 cm³/mol. The fourth-order valence-electron chi connectivity index (χ4n) is 8.57. The fourth-order valence-corrected chi connectivity index (χ4v) is 8.57. The lowest BCUT2D eigenvalue weighted by Gasteiger charge is -2.58. The number of hydrogen-bond donors (Lipinski definition) is 0. The summed E-state index contributed by atoms with van der Waals surface area (Å²) in [6, 6.07) is 6.31. The maximum absolute atomic E-state index is 12.1. The molecule has 0 N–H and O–H groups in total. The summed E-state index contributed by atoms with van der Waals surface area (Å²) in [5, 5.41) is 0. The Labute approximate surface area is 182 Å². The molecule has 0 unspecified atom stereocenters. The second-order valence-corrected chi connectivity index (χ2v) is 11.5. The molecule has 1 aromatic rings. The summed E-state index contributed by atoms with van der Waals surface area (Å²) >= 11 is 0. The lowest BCUT2D eigenvalue weighted by atomic mass is 9.47. The average Bonchev–Trinajstić information content (AvgIpc) is 3.10. The Morgan fingerprint density at radius 1 is 1.13 bits per heavy atom. The molecule has 0 saturated heterocycles. The van der Waals surface area contributed by atoms with E-state index < -0.39 is 0 Å². The fraction of sp³-hybridized carbons (Fsp3) is 0.714. The molecule has 0 radical (unpaired) electrons. The second kappa shape index (κ2) is 7.61. The molecule has 2 nitrogen and oxygen atoms in total. The molecule has 0 amide bonds. The first-order valence-electron chi connectivity index (χ1n) is 12.5. The summed E-state index contributed by atoms with van der Waals surface area (Å²) in [7, 11) is 0. The maximum Gasteiger partial charge on any atom is 0.136 e. The third kappa shape index (κ3) is 3.21. The van der Waals surface area contributed by atoms with Crippen LogP contribution in [0.2, 0.25) is 0 Å². The molecule has 2 heteroatoms. The predicted octanol–water partition coefficient (Wildman–Crippen LogP) is 6.80. The number of aryl methyl sites for hydroxylation is 1. The van der Waals surface area contributed by atoms with Gasteiger partial charge in [-0.25, -0.2) is 0 Å². The van der Waals surface area contributed by atoms with Crippen molar-refractivity contribution in [2.75, 3.05) is 0 Å². The van der Waals surface area contributed by atoms with E-state index in [-0.39, 0.29) is 0 Å². The molecule has 0 spiro atoms. The van der Waals surface area contributed by atoms with Gasteiger partial charge >= 0.3 is 0 Å². The Morgan fingerprint density at radius 2 is 2.00 bits per heavy atom. The van der Waals surface area contributed by atoms with Crippen molar-refractivity contribution in [2.45, 2.75) is 85.0 Å². The monoisotopic (exact) mass is 405 g/mol. The van der Waals surface area contributed by atoms with E-state index in [4.69, 9.17) is 0 Å². The van der Waals surface area contributed by atoms with Gasteiger partial charge in [0.1, 0.15) is 5.78 Å². The van der Waals surface area contributed by atoms with Crippen molar-refractivity contribution in [3.05, 3.63) is 41.7 Å². The highest BCUT2D eigenvalue weighted by atomic mass is 16.1. The molecular weight excluding hydrogens is 366 g/mol. The minimum Gasteiger partial charge on any atom is -0.299 e. The lowest BCUT2D eigenvalue weighted by Crippen LogP contribution is -2.50. The van der Waals surface area contributed by atoms with Crippen LogP contribution < -0.4 is 0 Å². The molecule has 3 saturated carbocycles. The van der Waals surface area contributed by atoms with E-state index in [1.165, 1.54) is 49.8 Å². The van der Waals surface area contributed by atoms with Gasteiger partial charge in [-0.2, -0.15) is 0 Å². The molecule has 0 aliphatic heterocycles. The molecule has 1 heterocycles. The molecule has 7 atom stereocenters. The molecular formula is C28H39NO. The van der Waals surface area contributed by atoms with Crippen molar-refractivity contribution < 1.29 is 4.79 Å². The molecule has 30 heavy (non-hydrogen) atoms. The molecule has 4 aliphatic carbocycles. The summed E-state index contributed by atoms with van der Waals surface area (Å²) in [6.07, 6.45) is 16.3. The van der Waals surface area contributed by atoms with Gasteiger partial charge in [0, 0.05) is 24.7 Å². The number of rotatable bonds is 4.